The van der Waals surface area contributed by atoms with Crippen LogP contribution in [0.15, 0.2) is 9.95 Å². The van der Waals surface area contributed by atoms with Crippen molar-refractivity contribution in [3.63, 3.8) is 0 Å². The second-order valence-corrected chi connectivity index (χ2v) is 8.24. The summed E-state index contributed by atoms with van der Waals surface area (Å²) < 4.78 is 6.76. The molecule has 7 heteroatoms. The van der Waals surface area contributed by atoms with Crippen LogP contribution in [0.2, 0.25) is 0 Å². The highest BCUT2D eigenvalue weighted by molar-refractivity contribution is 7.99. The number of aryl methyl sites for hydroxylation is 2. The lowest BCUT2D eigenvalue weighted by atomic mass is 10.2. The summed E-state index contributed by atoms with van der Waals surface area (Å²) in [5, 5.41) is 1.20. The number of aromatic nitrogens is 2. The minimum Gasteiger partial charge on any atom is -0.459 e. The van der Waals surface area contributed by atoms with Crippen LogP contribution in [-0.2, 0) is 16.6 Å². The van der Waals surface area contributed by atoms with Gasteiger partial charge in [-0.3, -0.25) is 14.2 Å². The number of esters is 1. The van der Waals surface area contributed by atoms with Gasteiger partial charge in [-0.25, -0.2) is 4.98 Å². The van der Waals surface area contributed by atoms with E-state index in [1.54, 1.807) is 7.05 Å². The molecule has 2 aromatic rings. The predicted octanol–water partition coefficient (Wildman–Crippen LogP) is 3.05. The SMILES string of the molecule is Cc1sc2nc(SCC(=O)OC(C)(C)C)n(C)c(=O)c2c1C. The number of carbonyl (C=O) groups excluding carboxylic acids is 1. The second kappa shape index (κ2) is 6.04. The molecular formula is C15H20N2O3S2. The average Bonchev–Trinajstić information content (AvgIpc) is 2.66. The van der Waals surface area contributed by atoms with Gasteiger partial charge < -0.3 is 4.74 Å². The van der Waals surface area contributed by atoms with Crippen LogP contribution < -0.4 is 5.56 Å². The molecule has 0 aliphatic heterocycles. The van der Waals surface area contributed by atoms with Crippen LogP contribution in [0.1, 0.15) is 31.2 Å². The largest absolute Gasteiger partial charge is 0.459 e. The number of thiophene rings is 1. The Morgan fingerprint density at radius 3 is 2.59 bits per heavy atom. The molecule has 0 radical (unpaired) electrons. The molecule has 0 saturated carbocycles. The molecule has 0 aliphatic rings. The first kappa shape index (κ1) is 17.0. The molecule has 0 bridgehead atoms. The first-order valence-corrected chi connectivity index (χ1v) is 8.71. The van der Waals surface area contributed by atoms with Crippen molar-refractivity contribution in [3.8, 4) is 0 Å². The molecule has 0 aliphatic carbocycles. The number of carbonyl (C=O) groups is 1. The Morgan fingerprint density at radius 1 is 1.36 bits per heavy atom. The van der Waals surface area contributed by atoms with Crippen molar-refractivity contribution >= 4 is 39.3 Å². The Bertz CT molecular complexity index is 785. The first-order valence-electron chi connectivity index (χ1n) is 6.91. The van der Waals surface area contributed by atoms with E-state index in [-0.39, 0.29) is 17.3 Å². The van der Waals surface area contributed by atoms with E-state index >= 15 is 0 Å². The number of nitrogens with zero attached hydrogens (tertiary/aromatic N) is 2. The Balaban J connectivity index is 2.28. The van der Waals surface area contributed by atoms with Crippen LogP contribution in [0.4, 0.5) is 0 Å². The zero-order valence-electron chi connectivity index (χ0n) is 13.6. The second-order valence-electron chi connectivity index (χ2n) is 6.10. The van der Waals surface area contributed by atoms with E-state index in [9.17, 15) is 9.59 Å². The van der Waals surface area contributed by atoms with Gasteiger partial charge in [-0.15, -0.1) is 11.3 Å². The van der Waals surface area contributed by atoms with Crippen molar-refractivity contribution < 1.29 is 9.53 Å². The van der Waals surface area contributed by atoms with Crippen molar-refractivity contribution in [2.24, 2.45) is 7.05 Å². The lowest BCUT2D eigenvalue weighted by Gasteiger charge is -2.19. The van der Waals surface area contributed by atoms with E-state index in [0.29, 0.717) is 10.5 Å². The van der Waals surface area contributed by atoms with Gasteiger partial charge in [-0.05, 0) is 40.2 Å². The maximum atomic E-state index is 12.5. The number of ether oxygens (including phenoxy) is 1. The van der Waals surface area contributed by atoms with E-state index < -0.39 is 5.60 Å². The van der Waals surface area contributed by atoms with Gasteiger partial charge in [0.25, 0.3) is 5.56 Å². The molecular weight excluding hydrogens is 320 g/mol. The normalized spacial score (nSPS) is 11.9. The highest BCUT2D eigenvalue weighted by atomic mass is 32.2. The van der Waals surface area contributed by atoms with Gasteiger partial charge in [0.05, 0.1) is 11.1 Å². The zero-order chi connectivity index (χ0) is 16.7. The van der Waals surface area contributed by atoms with E-state index in [2.05, 4.69) is 4.98 Å². The third-order valence-corrected chi connectivity index (χ3v) is 5.21. The van der Waals surface area contributed by atoms with Gasteiger partial charge in [-0.1, -0.05) is 11.8 Å². The Kier molecular flexibility index (Phi) is 4.67. The molecule has 2 rings (SSSR count). The zero-order valence-corrected chi connectivity index (χ0v) is 15.3. The van der Waals surface area contributed by atoms with Crippen LogP contribution in [0, 0.1) is 13.8 Å². The molecule has 0 fully saturated rings. The molecule has 0 saturated heterocycles. The maximum Gasteiger partial charge on any atom is 0.316 e. The fourth-order valence-electron chi connectivity index (χ4n) is 1.98. The molecule has 22 heavy (non-hydrogen) atoms. The van der Waals surface area contributed by atoms with Crippen LogP contribution in [0.3, 0.4) is 0 Å². The number of hydrogen-bond donors (Lipinski definition) is 0. The summed E-state index contributed by atoms with van der Waals surface area (Å²) in [5.41, 5.74) is 0.401. The lowest BCUT2D eigenvalue weighted by Crippen LogP contribution is -2.25. The van der Waals surface area contributed by atoms with Crippen LogP contribution in [-0.4, -0.2) is 26.9 Å². The van der Waals surface area contributed by atoms with Gasteiger partial charge in [0.2, 0.25) is 0 Å². The van der Waals surface area contributed by atoms with Gasteiger partial charge in [0.1, 0.15) is 10.4 Å². The molecule has 0 amide bonds. The van der Waals surface area contributed by atoms with E-state index in [1.807, 2.05) is 34.6 Å². The molecule has 0 unspecified atom stereocenters. The van der Waals surface area contributed by atoms with E-state index in [0.717, 1.165) is 15.3 Å². The Hall–Kier alpha value is -1.34. The smallest absolute Gasteiger partial charge is 0.316 e. The third-order valence-electron chi connectivity index (χ3n) is 3.11. The molecule has 120 valence electrons. The van der Waals surface area contributed by atoms with Crippen molar-refractivity contribution in [1.29, 1.82) is 0 Å². The maximum absolute atomic E-state index is 12.5. The third kappa shape index (κ3) is 3.52. The predicted molar refractivity (Wildman–Crippen MR) is 90.9 cm³/mol. The average molecular weight is 340 g/mol. The molecule has 2 heterocycles. The van der Waals surface area contributed by atoms with Gasteiger partial charge in [0.15, 0.2) is 5.16 Å². The Morgan fingerprint density at radius 2 is 2.00 bits per heavy atom. The molecule has 2 aromatic heterocycles. The standard InChI is InChI=1S/C15H20N2O3S2/c1-8-9(2)22-12-11(8)13(19)17(6)14(16-12)21-7-10(18)20-15(3,4)5/h7H2,1-6H3. The van der Waals surface area contributed by atoms with Crippen molar-refractivity contribution in [3.05, 3.63) is 20.8 Å². The monoisotopic (exact) mass is 340 g/mol. The van der Waals surface area contributed by atoms with Gasteiger partial charge in [0, 0.05) is 11.9 Å². The van der Waals surface area contributed by atoms with Crippen molar-refractivity contribution in [2.45, 2.75) is 45.4 Å². The fraction of sp³-hybridized carbons (Fsp3) is 0.533. The topological polar surface area (TPSA) is 61.2 Å². The quantitative estimate of drug-likeness (QED) is 0.488. The summed E-state index contributed by atoms with van der Waals surface area (Å²) in [5.74, 6) is -0.183. The fourth-order valence-corrected chi connectivity index (χ4v) is 3.80. The Labute approximate surface area is 137 Å². The summed E-state index contributed by atoms with van der Waals surface area (Å²) in [6, 6.07) is 0. The number of rotatable bonds is 3. The van der Waals surface area contributed by atoms with Crippen LogP contribution >= 0.6 is 23.1 Å². The van der Waals surface area contributed by atoms with Crippen LogP contribution in [0.5, 0.6) is 0 Å². The summed E-state index contributed by atoms with van der Waals surface area (Å²) in [6.45, 7) is 9.39. The van der Waals surface area contributed by atoms with E-state index in [4.69, 9.17) is 4.74 Å². The molecule has 0 N–H and O–H groups in total. The van der Waals surface area contributed by atoms with Gasteiger partial charge in [-0.2, -0.15) is 0 Å². The number of thioether (sulfide) groups is 1. The summed E-state index contributed by atoms with van der Waals surface area (Å²) in [7, 11) is 1.68. The summed E-state index contributed by atoms with van der Waals surface area (Å²) >= 11 is 2.73. The highest BCUT2D eigenvalue weighted by Crippen LogP contribution is 2.28. The minimum atomic E-state index is -0.511. The van der Waals surface area contributed by atoms with Crippen LogP contribution in [0.25, 0.3) is 10.2 Å². The lowest BCUT2D eigenvalue weighted by molar-refractivity contribution is -0.151. The highest BCUT2D eigenvalue weighted by Gasteiger charge is 2.19. The van der Waals surface area contributed by atoms with Crippen molar-refractivity contribution in [2.75, 3.05) is 5.75 Å². The first-order chi connectivity index (χ1) is 10.1. The van der Waals surface area contributed by atoms with E-state index in [1.165, 1.54) is 27.7 Å². The number of hydrogen-bond acceptors (Lipinski definition) is 6. The molecule has 5 nitrogen and oxygen atoms in total. The minimum absolute atomic E-state index is 0.0708. The summed E-state index contributed by atoms with van der Waals surface area (Å²) in [4.78, 5) is 30.6. The molecule has 0 spiro atoms. The van der Waals surface area contributed by atoms with Gasteiger partial charge >= 0.3 is 5.97 Å². The number of fused-ring (bicyclic) bond motifs is 1. The molecule has 0 aromatic carbocycles. The summed E-state index contributed by atoms with van der Waals surface area (Å²) in [6.07, 6.45) is 0. The van der Waals surface area contributed by atoms with Crippen molar-refractivity contribution in [1.82, 2.24) is 9.55 Å². The molecule has 0 atom stereocenters.